The summed E-state index contributed by atoms with van der Waals surface area (Å²) in [6.45, 7) is 0. The molecule has 0 atom stereocenters. The lowest BCUT2D eigenvalue weighted by Gasteiger charge is -2.20. The summed E-state index contributed by atoms with van der Waals surface area (Å²) in [5.41, 5.74) is -5.54. The third kappa shape index (κ3) is 2.69. The van der Waals surface area contributed by atoms with Crippen molar-refractivity contribution in [1.82, 2.24) is 5.06 Å². The molecule has 0 aromatic rings. The van der Waals surface area contributed by atoms with Crippen LogP contribution in [0.3, 0.4) is 0 Å². The maximum atomic E-state index is 11.8. The van der Waals surface area contributed by atoms with E-state index < -0.39 is 21.5 Å². The molecule has 0 aromatic heterocycles. The van der Waals surface area contributed by atoms with E-state index in [9.17, 15) is 26.4 Å². The van der Waals surface area contributed by atoms with Gasteiger partial charge in [-0.05, 0) is 6.42 Å². The van der Waals surface area contributed by atoms with Crippen molar-refractivity contribution in [3.05, 3.63) is 12.3 Å². The molecule has 1 aliphatic rings. The molecule has 0 saturated carbocycles. The molecule has 1 amide bonds. The number of hydroxylamine groups is 2. The van der Waals surface area contributed by atoms with Crippen LogP contribution in [-0.4, -0.2) is 24.9 Å². The fourth-order valence-corrected chi connectivity index (χ4v) is 1.21. The number of allylic oxidation sites excluding steroid dienone is 1. The second-order valence-electron chi connectivity index (χ2n) is 2.62. The third-order valence-electron chi connectivity index (χ3n) is 1.47. The zero-order valence-electron chi connectivity index (χ0n) is 7.19. The highest BCUT2D eigenvalue weighted by Crippen LogP contribution is 2.26. The minimum absolute atomic E-state index is 0.0618. The zero-order chi connectivity index (χ0) is 11.7. The van der Waals surface area contributed by atoms with Gasteiger partial charge in [0.25, 0.3) is 5.91 Å². The number of rotatable bonds is 2. The Kier molecular flexibility index (Phi) is 3.05. The molecular formula is C6H6F3NO4S. The van der Waals surface area contributed by atoms with E-state index in [1.807, 2.05) is 0 Å². The van der Waals surface area contributed by atoms with Crippen LogP contribution in [0.1, 0.15) is 12.8 Å². The number of alkyl halides is 3. The average molecular weight is 245 g/mol. The lowest BCUT2D eigenvalue weighted by atomic mass is 10.2. The fourth-order valence-electron chi connectivity index (χ4n) is 0.785. The quantitative estimate of drug-likeness (QED) is 0.678. The second-order valence-corrected chi connectivity index (χ2v) is 4.14. The van der Waals surface area contributed by atoms with Crippen LogP contribution in [0.15, 0.2) is 12.3 Å². The van der Waals surface area contributed by atoms with Gasteiger partial charge in [-0.1, -0.05) is 6.08 Å². The molecule has 9 heteroatoms. The monoisotopic (exact) mass is 245 g/mol. The smallest absolute Gasteiger partial charge is 0.272 e. The summed E-state index contributed by atoms with van der Waals surface area (Å²) >= 11 is 0. The van der Waals surface area contributed by atoms with Gasteiger partial charge in [-0.25, -0.2) is 0 Å². The van der Waals surface area contributed by atoms with Crippen molar-refractivity contribution >= 4 is 16.0 Å². The van der Waals surface area contributed by atoms with Gasteiger partial charge in [0.1, 0.15) is 0 Å². The molecule has 0 aromatic carbocycles. The molecule has 0 bridgehead atoms. The molecular weight excluding hydrogens is 239 g/mol. The van der Waals surface area contributed by atoms with Crippen molar-refractivity contribution in [3.8, 4) is 0 Å². The van der Waals surface area contributed by atoms with Crippen LogP contribution in [0.4, 0.5) is 13.2 Å². The third-order valence-corrected chi connectivity index (χ3v) is 2.40. The molecule has 0 fully saturated rings. The Bertz CT molecular complexity index is 386. The van der Waals surface area contributed by atoms with E-state index in [0.29, 0.717) is 6.42 Å². The molecule has 1 aliphatic heterocycles. The molecule has 1 rings (SSSR count). The second kappa shape index (κ2) is 3.81. The number of amides is 1. The highest BCUT2D eigenvalue weighted by Gasteiger charge is 2.49. The molecule has 0 aliphatic carbocycles. The molecule has 1 heterocycles. The van der Waals surface area contributed by atoms with Crippen LogP contribution < -0.4 is 0 Å². The van der Waals surface area contributed by atoms with Gasteiger partial charge in [0, 0.05) is 12.6 Å². The molecule has 86 valence electrons. The topological polar surface area (TPSA) is 63.7 Å². The lowest BCUT2D eigenvalue weighted by Crippen LogP contribution is -2.36. The van der Waals surface area contributed by atoms with Gasteiger partial charge in [0.05, 0.1) is 0 Å². The van der Waals surface area contributed by atoms with Crippen LogP contribution in [0.2, 0.25) is 0 Å². The molecule has 15 heavy (non-hydrogen) atoms. The Morgan fingerprint density at radius 1 is 1.40 bits per heavy atom. The van der Waals surface area contributed by atoms with Crippen molar-refractivity contribution in [2.24, 2.45) is 0 Å². The Balaban J connectivity index is 2.82. The van der Waals surface area contributed by atoms with E-state index in [2.05, 4.69) is 4.28 Å². The van der Waals surface area contributed by atoms with E-state index in [1.165, 1.54) is 6.08 Å². The lowest BCUT2D eigenvalue weighted by molar-refractivity contribution is -0.152. The molecule has 0 N–H and O–H groups in total. The van der Waals surface area contributed by atoms with E-state index in [4.69, 9.17) is 0 Å². The fraction of sp³-hybridized carbons (Fsp3) is 0.500. The maximum absolute atomic E-state index is 11.8. The summed E-state index contributed by atoms with van der Waals surface area (Å²) in [5.74, 6) is -0.842. The first kappa shape index (κ1) is 12.0. The van der Waals surface area contributed by atoms with Gasteiger partial charge in [0.15, 0.2) is 0 Å². The minimum atomic E-state index is -5.78. The summed E-state index contributed by atoms with van der Waals surface area (Å²) in [7, 11) is -5.78. The van der Waals surface area contributed by atoms with Gasteiger partial charge >= 0.3 is 15.6 Å². The number of halogens is 3. The van der Waals surface area contributed by atoms with Crippen molar-refractivity contribution in [2.45, 2.75) is 18.3 Å². The SMILES string of the molecule is O=C1CCC=CN1OS(=O)(=O)C(F)(F)F. The average Bonchev–Trinajstić information content (AvgIpc) is 2.06. The molecule has 0 spiro atoms. The first-order valence-electron chi connectivity index (χ1n) is 3.73. The first-order valence-corrected chi connectivity index (χ1v) is 5.14. The normalized spacial score (nSPS) is 18.3. The Labute approximate surface area is 83.2 Å². The Morgan fingerprint density at radius 3 is 2.47 bits per heavy atom. The largest absolute Gasteiger partial charge is 0.525 e. The van der Waals surface area contributed by atoms with E-state index in [1.54, 1.807) is 0 Å². The van der Waals surface area contributed by atoms with Gasteiger partial charge in [0.2, 0.25) is 0 Å². The maximum Gasteiger partial charge on any atom is 0.525 e. The van der Waals surface area contributed by atoms with E-state index >= 15 is 0 Å². The van der Waals surface area contributed by atoms with Crippen molar-refractivity contribution < 1.29 is 30.7 Å². The van der Waals surface area contributed by atoms with Crippen LogP contribution in [0.25, 0.3) is 0 Å². The summed E-state index contributed by atoms with van der Waals surface area (Å²) < 4.78 is 60.1. The van der Waals surface area contributed by atoms with Crippen LogP contribution >= 0.6 is 0 Å². The van der Waals surface area contributed by atoms with Gasteiger partial charge in [-0.3, -0.25) is 4.79 Å². The summed E-state index contributed by atoms with van der Waals surface area (Å²) in [6, 6.07) is 0. The summed E-state index contributed by atoms with van der Waals surface area (Å²) in [4.78, 5) is 10.9. The summed E-state index contributed by atoms with van der Waals surface area (Å²) in [6.07, 6.45) is 2.41. The predicted octanol–water partition coefficient (Wildman–Crippen LogP) is 0.904. The van der Waals surface area contributed by atoms with Gasteiger partial charge < -0.3 is 0 Å². The number of carbonyl (C=O) groups excluding carboxylic acids is 1. The minimum Gasteiger partial charge on any atom is -0.272 e. The zero-order valence-corrected chi connectivity index (χ0v) is 8.01. The van der Waals surface area contributed by atoms with E-state index in [0.717, 1.165) is 6.20 Å². The molecule has 5 nitrogen and oxygen atoms in total. The number of hydrogen-bond acceptors (Lipinski definition) is 4. The number of nitrogens with zero attached hydrogens (tertiary/aromatic N) is 1. The Hall–Kier alpha value is -1.09. The highest BCUT2D eigenvalue weighted by molar-refractivity contribution is 7.87. The molecule has 0 radical (unpaired) electrons. The first-order chi connectivity index (χ1) is 6.74. The van der Waals surface area contributed by atoms with Crippen molar-refractivity contribution in [2.75, 3.05) is 0 Å². The van der Waals surface area contributed by atoms with Crippen LogP contribution in [-0.2, 0) is 19.2 Å². The van der Waals surface area contributed by atoms with Crippen molar-refractivity contribution in [1.29, 1.82) is 0 Å². The highest BCUT2D eigenvalue weighted by atomic mass is 32.2. The van der Waals surface area contributed by atoms with Crippen LogP contribution in [0.5, 0.6) is 0 Å². The van der Waals surface area contributed by atoms with Crippen molar-refractivity contribution in [3.63, 3.8) is 0 Å². The standard InChI is InChI=1S/C6H6F3NO4S/c7-6(8,9)15(12,13)14-10-4-2-1-3-5(10)11/h2,4H,1,3H2. The van der Waals surface area contributed by atoms with Gasteiger partial charge in [-0.15, -0.1) is 4.28 Å². The Morgan fingerprint density at radius 2 is 2.00 bits per heavy atom. The molecule has 0 saturated heterocycles. The number of carbonyl (C=O) groups is 1. The molecule has 0 unspecified atom stereocenters. The van der Waals surface area contributed by atoms with E-state index in [-0.39, 0.29) is 11.5 Å². The summed E-state index contributed by atoms with van der Waals surface area (Å²) in [5, 5.41) is 0.0618. The number of hydrogen-bond donors (Lipinski definition) is 0. The van der Waals surface area contributed by atoms with Gasteiger partial charge in [-0.2, -0.15) is 26.7 Å². The predicted molar refractivity (Wildman–Crippen MR) is 41.3 cm³/mol. The van der Waals surface area contributed by atoms with Crippen LogP contribution in [0, 0.1) is 0 Å².